The molecule has 0 radical (unpaired) electrons. The summed E-state index contributed by atoms with van der Waals surface area (Å²) >= 11 is 0. The van der Waals surface area contributed by atoms with Crippen molar-refractivity contribution in [3.8, 4) is 0 Å². The highest BCUT2D eigenvalue weighted by atomic mass is 31.3. The number of rotatable bonds is 10. The molecule has 5 atom stereocenters. The lowest BCUT2D eigenvalue weighted by atomic mass is 10.1. The smallest absolute Gasteiger partial charge is 0.387 e. The molecule has 2 aromatic heterocycles. The second kappa shape index (κ2) is 12.6. The number of phosphoric ester groups is 1. The molecule has 0 aliphatic carbocycles. The number of imidazole rings is 1. The van der Waals surface area contributed by atoms with Crippen molar-refractivity contribution < 1.29 is 94.4 Å². The van der Waals surface area contributed by atoms with Gasteiger partial charge in [-0.3, -0.25) is 9.09 Å². The molecule has 1 fully saturated rings. The summed E-state index contributed by atoms with van der Waals surface area (Å²) in [4.78, 5) is 78.3. The molecule has 0 spiro atoms. The van der Waals surface area contributed by atoms with Crippen molar-refractivity contribution in [3.63, 3.8) is 0 Å². The fraction of sp³-hybridized carbons (Fsp3) is 0.500. The summed E-state index contributed by atoms with van der Waals surface area (Å²) in [5, 5.41) is 20.3. The molecular formula is C10H20N5O20P5. The zero-order valence-corrected chi connectivity index (χ0v) is 23.3. The monoisotopic (exact) mass is 685 g/mol. The molecule has 1 aliphatic heterocycles. The Morgan fingerprint density at radius 2 is 1.30 bits per heavy atom. The topological polar surface area (TPSA) is 403 Å². The summed E-state index contributed by atoms with van der Waals surface area (Å²) in [5.74, 6) is 0.0856. The van der Waals surface area contributed by atoms with Crippen molar-refractivity contribution >= 4 is 56.1 Å². The molecule has 1 unspecified atom stereocenters. The second-order valence-electron chi connectivity index (χ2n) is 7.08. The van der Waals surface area contributed by atoms with Crippen LogP contribution in [-0.4, -0.2) is 93.8 Å². The molecule has 30 heteroatoms. The first-order valence-electron chi connectivity index (χ1n) is 9.45. The molecule has 25 nitrogen and oxygen atoms in total. The van der Waals surface area contributed by atoms with E-state index in [0.29, 0.717) is 0 Å². The number of aromatic nitrogens is 4. The minimum Gasteiger partial charge on any atom is -0.387 e. The number of anilines is 1. The number of phosphoric acid groups is 5. The summed E-state index contributed by atoms with van der Waals surface area (Å²) < 4.78 is 73.2. The normalized spacial score (nSPS) is 23.9. The van der Waals surface area contributed by atoms with Gasteiger partial charge < -0.3 is 59.8 Å². The standard InChI is InChI=1S/C10H15N5O10P2.H5O10P3/c11-8-5-9(13-2-12-8)15(3-14-5)10-7(17)6(16)4(24-10)1-23-27(21,22)25-26(18,19)20;1-11(2,3)9-13(7,8)10-12(4,5)6/h2-4,6-7,10,16-17H,1H2,(H,21,22)(H2,11,12,13)(H2,18,19,20);(H,7,8)(H2,1,2,3)(H2,4,5,6)/t4-,6-,7-,10-;/m1./s1. The van der Waals surface area contributed by atoms with E-state index in [2.05, 4.69) is 32.4 Å². The summed E-state index contributed by atoms with van der Waals surface area (Å²) in [7, 11) is -26.6. The third-order valence-corrected chi connectivity index (χ3v) is 9.53. The minimum atomic E-state index is -5.46. The Kier molecular flexibility index (Phi) is 11.1. The number of fused-ring (bicyclic) bond motifs is 1. The Labute approximate surface area is 220 Å². The molecule has 1 aliphatic rings. The maximum absolute atomic E-state index is 11.5. The summed E-state index contributed by atoms with van der Waals surface area (Å²) in [6, 6.07) is 0. The van der Waals surface area contributed by atoms with Crippen LogP contribution in [0.15, 0.2) is 12.7 Å². The Balaban J connectivity index is 0.000000366. The van der Waals surface area contributed by atoms with Crippen LogP contribution in [-0.2, 0) is 45.0 Å². The quantitative estimate of drug-likeness (QED) is 0.116. The Morgan fingerprint density at radius 3 is 1.80 bits per heavy atom. The van der Waals surface area contributed by atoms with Gasteiger partial charge >= 0.3 is 39.1 Å². The van der Waals surface area contributed by atoms with Gasteiger partial charge in [0.2, 0.25) is 0 Å². The van der Waals surface area contributed by atoms with Gasteiger partial charge in [-0.25, -0.2) is 37.8 Å². The molecule has 3 heterocycles. The number of hydrogen-bond donors (Lipinski definition) is 11. The van der Waals surface area contributed by atoms with Crippen LogP contribution < -0.4 is 5.73 Å². The first-order valence-corrected chi connectivity index (χ1v) is 17.0. The third-order valence-electron chi connectivity index (χ3n) is 4.03. The number of nitrogens with two attached hydrogens (primary N) is 1. The third kappa shape index (κ3) is 11.0. The van der Waals surface area contributed by atoms with Gasteiger partial charge in [0.25, 0.3) is 0 Å². The highest BCUT2D eigenvalue weighted by molar-refractivity contribution is 7.66. The number of aliphatic hydroxyl groups is 2. The van der Waals surface area contributed by atoms with E-state index in [-0.39, 0.29) is 17.0 Å². The predicted octanol–water partition coefficient (Wildman–Crippen LogP) is -2.44. The molecule has 2 aromatic rings. The van der Waals surface area contributed by atoms with Crippen molar-refractivity contribution in [2.75, 3.05) is 12.3 Å². The summed E-state index contributed by atoms with van der Waals surface area (Å²) in [6.45, 7) is -0.813. The van der Waals surface area contributed by atoms with Crippen LogP contribution in [0.5, 0.6) is 0 Å². The lowest BCUT2D eigenvalue weighted by Crippen LogP contribution is -2.33. The Morgan fingerprint density at radius 1 is 0.800 bits per heavy atom. The van der Waals surface area contributed by atoms with Crippen molar-refractivity contribution in [2.45, 2.75) is 24.5 Å². The van der Waals surface area contributed by atoms with Crippen molar-refractivity contribution in [3.05, 3.63) is 12.7 Å². The predicted molar refractivity (Wildman–Crippen MR) is 121 cm³/mol. The zero-order chi connectivity index (χ0) is 30.9. The van der Waals surface area contributed by atoms with Gasteiger partial charge in [0, 0.05) is 0 Å². The molecular weight excluding hydrogens is 665 g/mol. The highest BCUT2D eigenvalue weighted by Gasteiger charge is 2.46. The van der Waals surface area contributed by atoms with E-state index < -0.39 is 70.3 Å². The van der Waals surface area contributed by atoms with Crippen LogP contribution in [0.2, 0.25) is 0 Å². The second-order valence-corrected chi connectivity index (χ2v) is 14.1. The van der Waals surface area contributed by atoms with Crippen molar-refractivity contribution in [1.82, 2.24) is 19.5 Å². The van der Waals surface area contributed by atoms with E-state index in [1.807, 2.05) is 0 Å². The number of nitrogens with zero attached hydrogens (tertiary/aromatic N) is 4. The molecule has 1 saturated heterocycles. The van der Waals surface area contributed by atoms with Crippen LogP contribution in [0.3, 0.4) is 0 Å². The minimum absolute atomic E-state index is 0.0856. The van der Waals surface area contributed by atoms with E-state index >= 15 is 0 Å². The van der Waals surface area contributed by atoms with E-state index in [1.54, 1.807) is 0 Å². The summed E-state index contributed by atoms with van der Waals surface area (Å²) in [6.07, 6.45) is -3.20. The average Bonchev–Trinajstić information content (AvgIpc) is 3.24. The average molecular weight is 685 g/mol. The van der Waals surface area contributed by atoms with Gasteiger partial charge in [0.05, 0.1) is 12.9 Å². The molecule has 3 rings (SSSR count). The lowest BCUT2D eigenvalue weighted by Gasteiger charge is -2.17. The maximum Gasteiger partial charge on any atom is 0.490 e. The highest BCUT2D eigenvalue weighted by Crippen LogP contribution is 2.64. The van der Waals surface area contributed by atoms with Crippen LogP contribution in [0.25, 0.3) is 11.2 Å². The van der Waals surface area contributed by atoms with Crippen molar-refractivity contribution in [1.29, 1.82) is 0 Å². The van der Waals surface area contributed by atoms with E-state index in [9.17, 15) is 37.9 Å². The Bertz CT molecular complexity index is 1400. The summed E-state index contributed by atoms with van der Waals surface area (Å²) in [5.41, 5.74) is 6.11. The number of hydrogen-bond acceptors (Lipinski definition) is 16. The van der Waals surface area contributed by atoms with Gasteiger partial charge in [-0.2, -0.15) is 12.9 Å². The number of aliphatic hydroxyl groups excluding tert-OH is 2. The Hall–Kier alpha value is -1.10. The molecule has 0 aromatic carbocycles. The zero-order valence-electron chi connectivity index (χ0n) is 18.8. The molecule has 0 amide bonds. The maximum atomic E-state index is 11.5. The van der Waals surface area contributed by atoms with Gasteiger partial charge in [0.1, 0.15) is 30.2 Å². The van der Waals surface area contributed by atoms with Crippen LogP contribution in [0, 0.1) is 0 Å². The largest absolute Gasteiger partial charge is 0.490 e. The SMILES string of the molecule is Nc1ncnc2c1ncn2[C@@H]1O[C@H](COP(=O)(O)OP(=O)(O)O)[C@@H](O)[C@H]1O.O=P(O)(O)OP(=O)(O)OP(=O)(O)O. The van der Waals surface area contributed by atoms with Gasteiger partial charge in [0.15, 0.2) is 17.7 Å². The van der Waals surface area contributed by atoms with Crippen LogP contribution >= 0.6 is 39.1 Å². The lowest BCUT2D eigenvalue weighted by molar-refractivity contribution is -0.0503. The molecule has 230 valence electrons. The van der Waals surface area contributed by atoms with Gasteiger partial charge in [-0.1, -0.05) is 0 Å². The first-order chi connectivity index (χ1) is 17.9. The fourth-order valence-corrected chi connectivity index (χ4v) is 6.90. The first kappa shape index (κ1) is 35.1. The van der Waals surface area contributed by atoms with E-state index in [1.165, 1.54) is 10.9 Å². The van der Waals surface area contributed by atoms with Gasteiger partial charge in [-0.15, -0.1) is 0 Å². The van der Waals surface area contributed by atoms with Crippen LogP contribution in [0.4, 0.5) is 5.82 Å². The van der Waals surface area contributed by atoms with E-state index in [0.717, 1.165) is 6.33 Å². The van der Waals surface area contributed by atoms with E-state index in [4.69, 9.17) is 44.7 Å². The number of nitrogen functional groups attached to an aromatic ring is 1. The number of ether oxygens (including phenoxy) is 1. The molecule has 0 bridgehead atoms. The molecule has 40 heavy (non-hydrogen) atoms. The van der Waals surface area contributed by atoms with Crippen molar-refractivity contribution in [2.24, 2.45) is 0 Å². The molecule has 12 N–H and O–H groups in total. The van der Waals surface area contributed by atoms with Gasteiger partial charge in [-0.05, 0) is 0 Å². The molecule has 0 saturated carbocycles. The fourth-order valence-electron chi connectivity index (χ4n) is 2.76. The van der Waals surface area contributed by atoms with Crippen LogP contribution in [0.1, 0.15) is 6.23 Å².